The summed E-state index contributed by atoms with van der Waals surface area (Å²) in [4.78, 5) is 43.7. The zero-order chi connectivity index (χ0) is 23.4. The van der Waals surface area contributed by atoms with Crippen molar-refractivity contribution in [2.24, 2.45) is 0 Å². The molecule has 33 heavy (non-hydrogen) atoms. The number of thiophene rings is 1. The maximum absolute atomic E-state index is 12.8. The molecule has 2 heterocycles. The molecule has 1 amide bonds. The third-order valence-electron chi connectivity index (χ3n) is 5.34. The van der Waals surface area contributed by atoms with Crippen molar-refractivity contribution in [2.75, 3.05) is 0 Å². The molecule has 0 radical (unpaired) electrons. The minimum absolute atomic E-state index is 0.000306. The first kappa shape index (κ1) is 22.4. The Kier molecular flexibility index (Phi) is 6.65. The highest BCUT2D eigenvalue weighted by Gasteiger charge is 2.14. The maximum atomic E-state index is 12.8. The molecular weight excluding hydrogens is 438 g/mol. The van der Waals surface area contributed by atoms with Crippen LogP contribution in [0.2, 0.25) is 0 Å². The van der Waals surface area contributed by atoms with E-state index in [0.29, 0.717) is 22.3 Å². The van der Waals surface area contributed by atoms with Gasteiger partial charge in [0.2, 0.25) is 0 Å². The molecule has 0 spiro atoms. The van der Waals surface area contributed by atoms with Gasteiger partial charge in [-0.25, -0.2) is 4.98 Å². The molecular formula is C25H23N3O4S. The van der Waals surface area contributed by atoms with E-state index in [1.54, 1.807) is 18.2 Å². The Morgan fingerprint density at radius 1 is 1.09 bits per heavy atom. The number of amides is 1. The van der Waals surface area contributed by atoms with Crippen molar-refractivity contribution in [2.45, 2.75) is 33.4 Å². The smallest absolute Gasteiger partial charge is 0.312 e. The lowest BCUT2D eigenvalue weighted by Crippen LogP contribution is -2.23. The Morgan fingerprint density at radius 2 is 1.88 bits per heavy atom. The predicted octanol–water partition coefficient (Wildman–Crippen LogP) is 4.00. The van der Waals surface area contributed by atoms with Gasteiger partial charge in [-0.1, -0.05) is 36.4 Å². The number of hydrogen-bond acceptors (Lipinski definition) is 6. The van der Waals surface area contributed by atoms with Crippen LogP contribution in [0.25, 0.3) is 10.2 Å². The molecule has 0 saturated carbocycles. The molecule has 0 aliphatic carbocycles. The SMILES string of the molecule is Cc1sc2ncn(CCC(=O)Oc3cccc(C(=O)NCc4ccccc4)c3)c(=O)c2c1C. The second kappa shape index (κ2) is 9.79. The van der Waals surface area contributed by atoms with E-state index < -0.39 is 5.97 Å². The molecule has 8 heteroatoms. The number of carbonyl (C=O) groups is 2. The summed E-state index contributed by atoms with van der Waals surface area (Å²) < 4.78 is 6.82. The lowest BCUT2D eigenvalue weighted by Gasteiger charge is -2.09. The minimum atomic E-state index is -0.498. The van der Waals surface area contributed by atoms with E-state index in [2.05, 4.69) is 10.3 Å². The number of aryl methyl sites for hydroxylation is 3. The minimum Gasteiger partial charge on any atom is -0.426 e. The van der Waals surface area contributed by atoms with E-state index >= 15 is 0 Å². The summed E-state index contributed by atoms with van der Waals surface area (Å²) >= 11 is 1.48. The van der Waals surface area contributed by atoms with E-state index in [1.165, 1.54) is 28.3 Å². The Morgan fingerprint density at radius 3 is 2.67 bits per heavy atom. The van der Waals surface area contributed by atoms with Crippen molar-refractivity contribution in [1.29, 1.82) is 0 Å². The molecule has 0 aliphatic rings. The van der Waals surface area contributed by atoms with E-state index in [0.717, 1.165) is 16.0 Å². The van der Waals surface area contributed by atoms with Crippen molar-refractivity contribution in [1.82, 2.24) is 14.9 Å². The average molecular weight is 462 g/mol. The van der Waals surface area contributed by atoms with Crippen LogP contribution in [-0.4, -0.2) is 21.4 Å². The van der Waals surface area contributed by atoms with Crippen LogP contribution in [0, 0.1) is 13.8 Å². The highest BCUT2D eigenvalue weighted by Crippen LogP contribution is 2.25. The second-order valence-corrected chi connectivity index (χ2v) is 8.83. The Bertz CT molecular complexity index is 1380. The molecule has 0 atom stereocenters. The molecule has 0 saturated heterocycles. The number of rotatable bonds is 7. The number of fused-ring (bicyclic) bond motifs is 1. The fraction of sp³-hybridized carbons (Fsp3) is 0.200. The normalized spacial score (nSPS) is 10.8. The van der Waals surface area contributed by atoms with Gasteiger partial charge in [0.25, 0.3) is 11.5 Å². The first-order chi connectivity index (χ1) is 15.9. The number of ether oxygens (including phenoxy) is 1. The van der Waals surface area contributed by atoms with Gasteiger partial charge in [-0.05, 0) is 43.2 Å². The average Bonchev–Trinajstić information content (AvgIpc) is 3.12. The summed E-state index contributed by atoms with van der Waals surface area (Å²) in [6.07, 6.45) is 1.46. The Labute approximate surface area is 194 Å². The third kappa shape index (κ3) is 5.18. The second-order valence-electron chi connectivity index (χ2n) is 7.63. The van der Waals surface area contributed by atoms with Gasteiger partial charge in [-0.3, -0.25) is 19.0 Å². The highest BCUT2D eigenvalue weighted by atomic mass is 32.1. The molecule has 168 valence electrons. The lowest BCUT2D eigenvalue weighted by atomic mass is 10.2. The third-order valence-corrected chi connectivity index (χ3v) is 6.45. The van der Waals surface area contributed by atoms with Gasteiger partial charge in [-0.2, -0.15) is 0 Å². The fourth-order valence-electron chi connectivity index (χ4n) is 3.40. The maximum Gasteiger partial charge on any atom is 0.312 e. The molecule has 0 bridgehead atoms. The predicted molar refractivity (Wildman–Crippen MR) is 128 cm³/mol. The summed E-state index contributed by atoms with van der Waals surface area (Å²) in [5, 5.41) is 3.45. The van der Waals surface area contributed by atoms with Gasteiger partial charge < -0.3 is 10.1 Å². The van der Waals surface area contributed by atoms with Crippen LogP contribution in [0.3, 0.4) is 0 Å². The van der Waals surface area contributed by atoms with Crippen LogP contribution in [0.4, 0.5) is 0 Å². The van der Waals surface area contributed by atoms with Crippen LogP contribution in [-0.2, 0) is 17.9 Å². The van der Waals surface area contributed by atoms with Crippen molar-refractivity contribution in [3.8, 4) is 5.75 Å². The van der Waals surface area contributed by atoms with Gasteiger partial charge in [0.05, 0.1) is 18.1 Å². The van der Waals surface area contributed by atoms with Gasteiger partial charge in [-0.15, -0.1) is 11.3 Å². The van der Waals surface area contributed by atoms with Crippen molar-refractivity contribution in [3.05, 3.63) is 92.8 Å². The summed E-state index contributed by atoms with van der Waals surface area (Å²) in [7, 11) is 0. The van der Waals surface area contributed by atoms with Crippen LogP contribution in [0.5, 0.6) is 5.75 Å². The number of esters is 1. The lowest BCUT2D eigenvalue weighted by molar-refractivity contribution is -0.134. The van der Waals surface area contributed by atoms with Crippen molar-refractivity contribution < 1.29 is 14.3 Å². The first-order valence-electron chi connectivity index (χ1n) is 10.5. The standard InChI is InChI=1S/C25H23N3O4S/c1-16-17(2)33-24-22(16)25(31)28(15-27-24)12-11-21(29)32-20-10-6-9-19(13-20)23(30)26-14-18-7-4-3-5-8-18/h3-10,13,15H,11-12,14H2,1-2H3,(H,26,30). The van der Waals surface area contributed by atoms with Gasteiger partial charge >= 0.3 is 5.97 Å². The Hall–Kier alpha value is -3.78. The van der Waals surface area contributed by atoms with E-state index in [1.807, 2.05) is 44.2 Å². The molecule has 0 unspecified atom stereocenters. The zero-order valence-electron chi connectivity index (χ0n) is 18.3. The summed E-state index contributed by atoms with van der Waals surface area (Å²) in [5.74, 6) is -0.483. The van der Waals surface area contributed by atoms with Gasteiger partial charge in [0, 0.05) is 23.5 Å². The van der Waals surface area contributed by atoms with Crippen LogP contribution < -0.4 is 15.6 Å². The highest BCUT2D eigenvalue weighted by molar-refractivity contribution is 7.18. The number of nitrogens with zero attached hydrogens (tertiary/aromatic N) is 2. The molecule has 4 aromatic rings. The van der Waals surface area contributed by atoms with E-state index in [9.17, 15) is 14.4 Å². The van der Waals surface area contributed by atoms with Crippen LogP contribution in [0.1, 0.15) is 32.8 Å². The monoisotopic (exact) mass is 461 g/mol. The number of hydrogen-bond donors (Lipinski definition) is 1. The number of nitrogens with one attached hydrogen (secondary N) is 1. The number of benzene rings is 2. The first-order valence-corrected chi connectivity index (χ1v) is 11.3. The molecule has 7 nitrogen and oxygen atoms in total. The van der Waals surface area contributed by atoms with Crippen LogP contribution >= 0.6 is 11.3 Å². The molecule has 2 aromatic heterocycles. The number of aromatic nitrogens is 2. The summed E-state index contributed by atoms with van der Waals surface area (Å²) in [6, 6.07) is 16.0. The topological polar surface area (TPSA) is 90.3 Å². The molecule has 1 N–H and O–H groups in total. The summed E-state index contributed by atoms with van der Waals surface area (Å²) in [6.45, 7) is 4.42. The molecule has 4 rings (SSSR count). The van der Waals surface area contributed by atoms with Gasteiger partial charge in [0.1, 0.15) is 10.6 Å². The van der Waals surface area contributed by atoms with Gasteiger partial charge in [0.15, 0.2) is 0 Å². The van der Waals surface area contributed by atoms with E-state index in [4.69, 9.17) is 4.74 Å². The van der Waals surface area contributed by atoms with Crippen LogP contribution in [0.15, 0.2) is 65.7 Å². The van der Waals surface area contributed by atoms with Crippen molar-refractivity contribution in [3.63, 3.8) is 0 Å². The largest absolute Gasteiger partial charge is 0.426 e. The number of carbonyl (C=O) groups excluding carboxylic acids is 2. The van der Waals surface area contributed by atoms with Crippen molar-refractivity contribution >= 4 is 33.4 Å². The molecule has 0 aliphatic heterocycles. The fourth-order valence-corrected chi connectivity index (χ4v) is 4.39. The molecule has 2 aromatic carbocycles. The Balaban J connectivity index is 1.36. The summed E-state index contributed by atoms with van der Waals surface area (Å²) in [5.41, 5.74) is 2.15. The zero-order valence-corrected chi connectivity index (χ0v) is 19.1. The quantitative estimate of drug-likeness (QED) is 0.332. The van der Waals surface area contributed by atoms with E-state index in [-0.39, 0.29) is 30.2 Å². The molecule has 0 fully saturated rings.